The zero-order valence-electron chi connectivity index (χ0n) is 14.6. The van der Waals surface area contributed by atoms with Gasteiger partial charge in [-0.25, -0.2) is 17.7 Å². The lowest BCUT2D eigenvalue weighted by Gasteiger charge is -2.42. The molecule has 1 atom stereocenters. The van der Waals surface area contributed by atoms with Gasteiger partial charge in [-0.1, -0.05) is 0 Å². The van der Waals surface area contributed by atoms with Crippen LogP contribution in [0, 0.1) is 0 Å². The maximum Gasteiger partial charge on any atom is 0.211 e. The maximum atomic E-state index is 11.7. The van der Waals surface area contributed by atoms with Crippen molar-refractivity contribution in [2.45, 2.75) is 37.6 Å². The average molecular weight is 353 g/mol. The summed E-state index contributed by atoms with van der Waals surface area (Å²) in [5.74, 6) is 1.47. The van der Waals surface area contributed by atoms with Gasteiger partial charge in [0.1, 0.15) is 5.82 Å². The Morgan fingerprint density at radius 3 is 2.62 bits per heavy atom. The first-order valence-electron chi connectivity index (χ1n) is 8.80. The van der Waals surface area contributed by atoms with Gasteiger partial charge in [-0.15, -0.1) is 0 Å². The molecule has 7 heteroatoms. The summed E-state index contributed by atoms with van der Waals surface area (Å²) in [6.07, 6.45) is 7.49. The quantitative estimate of drug-likeness (QED) is 0.894. The van der Waals surface area contributed by atoms with Crippen LogP contribution in [0.5, 0.6) is 0 Å². The number of rotatable bonds is 4. The van der Waals surface area contributed by atoms with Crippen molar-refractivity contribution in [3.63, 3.8) is 0 Å². The van der Waals surface area contributed by atoms with E-state index in [9.17, 15) is 8.42 Å². The molecule has 3 heterocycles. The summed E-state index contributed by atoms with van der Waals surface area (Å²) in [7, 11) is -1.14. The Hall–Kier alpha value is -1.18. The van der Waals surface area contributed by atoms with E-state index >= 15 is 0 Å². The minimum absolute atomic E-state index is 0.511. The van der Waals surface area contributed by atoms with Crippen LogP contribution in [0.2, 0.25) is 0 Å². The molecule has 0 saturated carbocycles. The molecule has 2 aliphatic heterocycles. The molecule has 1 aromatic rings. The van der Waals surface area contributed by atoms with Crippen molar-refractivity contribution in [1.82, 2.24) is 14.2 Å². The highest BCUT2D eigenvalue weighted by molar-refractivity contribution is 7.88. The molecular formula is C17H28N4O2S. The molecule has 134 valence electrons. The van der Waals surface area contributed by atoms with Crippen LogP contribution in [0.15, 0.2) is 18.3 Å². The lowest BCUT2D eigenvalue weighted by atomic mass is 9.89. The van der Waals surface area contributed by atoms with E-state index in [1.54, 1.807) is 4.31 Å². The number of nitrogens with one attached hydrogen (secondary N) is 1. The minimum Gasteiger partial charge on any atom is -0.373 e. The highest BCUT2D eigenvalue weighted by atomic mass is 32.2. The maximum absolute atomic E-state index is 11.7. The Morgan fingerprint density at radius 1 is 1.21 bits per heavy atom. The summed E-state index contributed by atoms with van der Waals surface area (Å²) >= 11 is 0. The van der Waals surface area contributed by atoms with Gasteiger partial charge in [0.05, 0.1) is 6.26 Å². The lowest BCUT2D eigenvalue weighted by Crippen LogP contribution is -2.49. The van der Waals surface area contributed by atoms with Crippen molar-refractivity contribution >= 4 is 15.8 Å². The topological polar surface area (TPSA) is 65.5 Å². The molecule has 2 saturated heterocycles. The molecule has 2 fully saturated rings. The van der Waals surface area contributed by atoms with E-state index in [0.717, 1.165) is 31.7 Å². The smallest absolute Gasteiger partial charge is 0.211 e. The number of sulfonamides is 1. The summed E-state index contributed by atoms with van der Waals surface area (Å²) in [4.78, 5) is 6.88. The standard InChI is InChI=1S/C17H28N4O2S/c1-18-17-12-14(5-8-19-17)15-4-3-9-20(13-15)16-6-10-21(11-7-16)24(2,22)23/h5,8,12,15-16H,3-4,6-7,9-11,13H2,1-2H3,(H,18,19)/t15-/m1/s1. The SMILES string of the molecule is CNc1cc([C@@H]2CCCN(C3CCN(S(C)(=O)=O)CC3)C2)ccn1. The van der Waals surface area contributed by atoms with Crippen molar-refractivity contribution in [2.24, 2.45) is 0 Å². The first-order valence-corrected chi connectivity index (χ1v) is 10.6. The van der Waals surface area contributed by atoms with Crippen molar-refractivity contribution < 1.29 is 8.42 Å². The Morgan fingerprint density at radius 2 is 1.96 bits per heavy atom. The third-order valence-corrected chi connectivity index (χ3v) is 6.68. The molecule has 0 spiro atoms. The van der Waals surface area contributed by atoms with E-state index in [1.165, 1.54) is 24.7 Å². The Bertz CT molecular complexity index is 656. The van der Waals surface area contributed by atoms with Crippen LogP contribution in [-0.2, 0) is 10.0 Å². The molecule has 1 aromatic heterocycles. The monoisotopic (exact) mass is 352 g/mol. The first-order chi connectivity index (χ1) is 11.5. The predicted molar refractivity (Wildman–Crippen MR) is 96.8 cm³/mol. The second-order valence-electron chi connectivity index (χ2n) is 6.95. The number of hydrogen-bond donors (Lipinski definition) is 1. The molecular weight excluding hydrogens is 324 g/mol. The Kier molecular flexibility index (Phi) is 5.42. The first kappa shape index (κ1) is 17.6. The van der Waals surface area contributed by atoms with Gasteiger partial charge in [-0.05, 0) is 55.8 Å². The van der Waals surface area contributed by atoms with E-state index in [4.69, 9.17) is 0 Å². The predicted octanol–water partition coefficient (Wildman–Crippen LogP) is 1.73. The van der Waals surface area contributed by atoms with E-state index < -0.39 is 10.0 Å². The lowest BCUT2D eigenvalue weighted by molar-refractivity contribution is 0.107. The van der Waals surface area contributed by atoms with Crippen molar-refractivity contribution in [3.8, 4) is 0 Å². The summed E-state index contributed by atoms with van der Waals surface area (Å²) in [5.41, 5.74) is 1.35. The fraction of sp³-hybridized carbons (Fsp3) is 0.706. The van der Waals surface area contributed by atoms with Crippen LogP contribution in [0.3, 0.4) is 0 Å². The molecule has 0 unspecified atom stereocenters. The van der Waals surface area contributed by atoms with Gasteiger partial charge < -0.3 is 5.32 Å². The number of pyridine rings is 1. The molecule has 0 aliphatic carbocycles. The van der Waals surface area contributed by atoms with Crippen LogP contribution in [0.25, 0.3) is 0 Å². The summed E-state index contributed by atoms with van der Waals surface area (Å²) in [5, 5.41) is 3.11. The molecule has 1 N–H and O–H groups in total. The molecule has 24 heavy (non-hydrogen) atoms. The summed E-state index contributed by atoms with van der Waals surface area (Å²) in [6, 6.07) is 4.79. The van der Waals surface area contributed by atoms with Crippen LogP contribution >= 0.6 is 0 Å². The molecule has 3 rings (SSSR count). The highest BCUT2D eigenvalue weighted by Gasteiger charge is 2.31. The van der Waals surface area contributed by atoms with Crippen LogP contribution in [0.1, 0.15) is 37.2 Å². The van der Waals surface area contributed by atoms with Gasteiger partial charge in [0, 0.05) is 38.9 Å². The number of aromatic nitrogens is 1. The minimum atomic E-state index is -3.04. The van der Waals surface area contributed by atoms with E-state index in [-0.39, 0.29) is 0 Å². The third-order valence-electron chi connectivity index (χ3n) is 5.37. The molecule has 0 radical (unpaired) electrons. The van der Waals surface area contributed by atoms with Gasteiger partial charge in [0.2, 0.25) is 10.0 Å². The zero-order valence-corrected chi connectivity index (χ0v) is 15.4. The van der Waals surface area contributed by atoms with Crippen molar-refractivity contribution in [2.75, 3.05) is 44.8 Å². The van der Waals surface area contributed by atoms with Crippen molar-refractivity contribution in [3.05, 3.63) is 23.9 Å². The van der Waals surface area contributed by atoms with Gasteiger partial charge in [-0.2, -0.15) is 0 Å². The van der Waals surface area contributed by atoms with Crippen molar-refractivity contribution in [1.29, 1.82) is 0 Å². The molecule has 0 aromatic carbocycles. The Balaban J connectivity index is 1.62. The second-order valence-corrected chi connectivity index (χ2v) is 8.93. The fourth-order valence-electron chi connectivity index (χ4n) is 3.99. The molecule has 0 amide bonds. The number of likely N-dealkylation sites (tertiary alicyclic amines) is 1. The Labute approximate surface area is 145 Å². The number of piperidine rings is 2. The molecule has 6 nitrogen and oxygen atoms in total. The second kappa shape index (κ2) is 7.37. The number of nitrogens with zero attached hydrogens (tertiary/aromatic N) is 3. The number of hydrogen-bond acceptors (Lipinski definition) is 5. The van der Waals surface area contributed by atoms with Gasteiger partial charge >= 0.3 is 0 Å². The van der Waals surface area contributed by atoms with E-state index in [2.05, 4.69) is 27.3 Å². The van der Waals surface area contributed by atoms with E-state index in [0.29, 0.717) is 25.0 Å². The zero-order chi connectivity index (χ0) is 17.2. The van der Waals surface area contributed by atoms with Gasteiger partial charge in [0.15, 0.2) is 0 Å². The molecule has 0 bridgehead atoms. The summed E-state index contributed by atoms with van der Waals surface area (Å²) < 4.78 is 25.0. The number of anilines is 1. The van der Waals surface area contributed by atoms with Gasteiger partial charge in [-0.3, -0.25) is 4.90 Å². The largest absolute Gasteiger partial charge is 0.373 e. The average Bonchev–Trinajstić information content (AvgIpc) is 2.61. The third kappa shape index (κ3) is 4.07. The van der Waals surface area contributed by atoms with E-state index in [1.807, 2.05) is 13.2 Å². The van der Waals surface area contributed by atoms with Crippen LogP contribution in [-0.4, -0.2) is 68.1 Å². The highest BCUT2D eigenvalue weighted by Crippen LogP contribution is 2.31. The summed E-state index contributed by atoms with van der Waals surface area (Å²) in [6.45, 7) is 3.51. The van der Waals surface area contributed by atoms with Crippen LogP contribution < -0.4 is 5.32 Å². The van der Waals surface area contributed by atoms with Gasteiger partial charge in [0.25, 0.3) is 0 Å². The van der Waals surface area contributed by atoms with Crippen LogP contribution in [0.4, 0.5) is 5.82 Å². The fourth-order valence-corrected chi connectivity index (χ4v) is 4.86. The molecule has 2 aliphatic rings. The normalized spacial score (nSPS) is 24.8.